The third-order valence-corrected chi connectivity index (χ3v) is 3.10. The van der Waals surface area contributed by atoms with E-state index in [4.69, 9.17) is 4.74 Å². The highest BCUT2D eigenvalue weighted by molar-refractivity contribution is 6.03. The Labute approximate surface area is 128 Å². The molecule has 0 aliphatic rings. The first-order chi connectivity index (χ1) is 10.7. The van der Waals surface area contributed by atoms with E-state index in [1.54, 1.807) is 0 Å². The van der Waals surface area contributed by atoms with Crippen molar-refractivity contribution in [3.05, 3.63) is 83.1 Å². The molecule has 0 aliphatic heterocycles. The van der Waals surface area contributed by atoms with Crippen LogP contribution in [0.2, 0.25) is 0 Å². The Morgan fingerprint density at radius 2 is 1.41 bits per heavy atom. The number of methoxy groups -OCH3 is 1. The van der Waals surface area contributed by atoms with Crippen LogP contribution in [0.25, 0.3) is 5.57 Å². The van der Waals surface area contributed by atoms with Crippen molar-refractivity contribution in [1.29, 1.82) is 0 Å². The summed E-state index contributed by atoms with van der Waals surface area (Å²) in [5.74, 6) is 0.0643. The summed E-state index contributed by atoms with van der Waals surface area (Å²) < 4.78 is 5.23. The molecule has 0 radical (unpaired) electrons. The SMILES string of the molecule is COC(C(=C=O)C(=O)O)=C(c1ccccc1)c1ccccc1. The Balaban J connectivity index is 2.80. The molecule has 0 atom stereocenters. The topological polar surface area (TPSA) is 63.6 Å². The van der Waals surface area contributed by atoms with E-state index in [1.165, 1.54) is 13.1 Å². The Morgan fingerprint density at radius 3 is 1.73 bits per heavy atom. The molecule has 0 saturated carbocycles. The van der Waals surface area contributed by atoms with Crippen molar-refractivity contribution in [2.45, 2.75) is 0 Å². The number of carbonyl (C=O) groups excluding carboxylic acids is 1. The van der Waals surface area contributed by atoms with E-state index in [1.807, 2.05) is 60.7 Å². The third-order valence-electron chi connectivity index (χ3n) is 3.10. The molecule has 2 aromatic rings. The van der Waals surface area contributed by atoms with Crippen LogP contribution in [0.5, 0.6) is 0 Å². The maximum atomic E-state index is 11.3. The minimum Gasteiger partial charge on any atom is -0.494 e. The van der Waals surface area contributed by atoms with E-state index < -0.39 is 11.5 Å². The number of hydrogen-bond donors (Lipinski definition) is 1. The standard InChI is InChI=1S/C18H14O4/c1-22-17(15(12-19)18(20)21)16(13-8-4-2-5-9-13)14-10-6-3-7-11-14/h2-11H,1H3,(H,20,21). The predicted octanol–water partition coefficient (Wildman–Crippen LogP) is 2.94. The van der Waals surface area contributed by atoms with Gasteiger partial charge in [0, 0.05) is 5.57 Å². The number of carboxylic acid groups (broad SMARTS) is 1. The van der Waals surface area contributed by atoms with Gasteiger partial charge in [-0.3, -0.25) is 0 Å². The second kappa shape index (κ2) is 7.07. The number of carbonyl (C=O) groups is 1. The zero-order chi connectivity index (χ0) is 15.9. The highest BCUT2D eigenvalue weighted by atomic mass is 16.5. The van der Waals surface area contributed by atoms with Crippen LogP contribution >= 0.6 is 0 Å². The number of rotatable bonds is 5. The first kappa shape index (κ1) is 15.3. The van der Waals surface area contributed by atoms with Gasteiger partial charge in [-0.1, -0.05) is 60.7 Å². The van der Waals surface area contributed by atoms with Crippen LogP contribution < -0.4 is 0 Å². The van der Waals surface area contributed by atoms with Crippen LogP contribution in [-0.2, 0) is 14.3 Å². The smallest absolute Gasteiger partial charge is 0.350 e. The molecule has 0 aromatic heterocycles. The van der Waals surface area contributed by atoms with Gasteiger partial charge in [0.25, 0.3) is 0 Å². The van der Waals surface area contributed by atoms with Crippen LogP contribution in [0, 0.1) is 0 Å². The molecule has 110 valence electrons. The second-order valence-electron chi connectivity index (χ2n) is 4.42. The molecular weight excluding hydrogens is 280 g/mol. The van der Waals surface area contributed by atoms with Crippen molar-refractivity contribution in [2.75, 3.05) is 7.11 Å². The molecule has 0 spiro atoms. The molecule has 22 heavy (non-hydrogen) atoms. The van der Waals surface area contributed by atoms with E-state index in [0.717, 1.165) is 11.1 Å². The summed E-state index contributed by atoms with van der Waals surface area (Å²) in [7, 11) is 1.33. The summed E-state index contributed by atoms with van der Waals surface area (Å²) in [6, 6.07) is 18.3. The lowest BCUT2D eigenvalue weighted by atomic mass is 9.94. The zero-order valence-corrected chi connectivity index (χ0v) is 11.9. The van der Waals surface area contributed by atoms with E-state index >= 15 is 0 Å². The van der Waals surface area contributed by atoms with E-state index in [0.29, 0.717) is 5.57 Å². The van der Waals surface area contributed by atoms with Gasteiger partial charge < -0.3 is 9.84 Å². The van der Waals surface area contributed by atoms with Crippen LogP contribution in [-0.4, -0.2) is 24.1 Å². The molecule has 4 nitrogen and oxygen atoms in total. The fraction of sp³-hybridized carbons (Fsp3) is 0.0556. The third kappa shape index (κ3) is 3.14. The summed E-state index contributed by atoms with van der Waals surface area (Å²) in [4.78, 5) is 22.3. The van der Waals surface area contributed by atoms with Gasteiger partial charge in [-0.2, -0.15) is 0 Å². The van der Waals surface area contributed by atoms with Crippen molar-refractivity contribution >= 4 is 17.5 Å². The van der Waals surface area contributed by atoms with Gasteiger partial charge in [-0.15, -0.1) is 0 Å². The Morgan fingerprint density at radius 1 is 0.955 bits per heavy atom. The molecule has 0 saturated heterocycles. The number of benzene rings is 2. The van der Waals surface area contributed by atoms with Crippen LogP contribution in [0.4, 0.5) is 0 Å². The number of hydrogen-bond acceptors (Lipinski definition) is 3. The normalized spacial score (nSPS) is 9.50. The molecular formula is C18H14O4. The monoisotopic (exact) mass is 294 g/mol. The summed E-state index contributed by atoms with van der Waals surface area (Å²) >= 11 is 0. The number of carboxylic acids is 1. The highest BCUT2D eigenvalue weighted by Crippen LogP contribution is 2.30. The van der Waals surface area contributed by atoms with Crippen molar-refractivity contribution in [3.63, 3.8) is 0 Å². The van der Waals surface area contributed by atoms with Gasteiger partial charge in [0.05, 0.1) is 7.11 Å². The Kier molecular flexibility index (Phi) is 4.91. The molecule has 2 rings (SSSR count). The maximum Gasteiger partial charge on any atom is 0.350 e. The van der Waals surface area contributed by atoms with Crippen molar-refractivity contribution < 1.29 is 19.4 Å². The molecule has 0 amide bonds. The summed E-state index contributed by atoms with van der Waals surface area (Å²) in [5.41, 5.74) is 1.49. The average molecular weight is 294 g/mol. The molecule has 0 fully saturated rings. The van der Waals surface area contributed by atoms with Crippen molar-refractivity contribution in [2.24, 2.45) is 0 Å². The Bertz CT molecular complexity index is 698. The first-order valence-corrected chi connectivity index (χ1v) is 6.57. The molecule has 0 bridgehead atoms. The van der Waals surface area contributed by atoms with Gasteiger partial charge >= 0.3 is 5.97 Å². The zero-order valence-electron chi connectivity index (χ0n) is 11.9. The van der Waals surface area contributed by atoms with Crippen LogP contribution in [0.1, 0.15) is 11.1 Å². The highest BCUT2D eigenvalue weighted by Gasteiger charge is 2.22. The van der Waals surface area contributed by atoms with Gasteiger partial charge in [-0.05, 0) is 11.1 Å². The lowest BCUT2D eigenvalue weighted by Gasteiger charge is -2.14. The quantitative estimate of drug-likeness (QED) is 0.398. The van der Waals surface area contributed by atoms with E-state index in [-0.39, 0.29) is 5.76 Å². The second-order valence-corrected chi connectivity index (χ2v) is 4.42. The van der Waals surface area contributed by atoms with Crippen LogP contribution in [0.3, 0.4) is 0 Å². The molecule has 1 N–H and O–H groups in total. The van der Waals surface area contributed by atoms with Gasteiger partial charge in [0.2, 0.25) is 0 Å². The molecule has 0 aliphatic carbocycles. The maximum absolute atomic E-state index is 11.3. The summed E-state index contributed by atoms with van der Waals surface area (Å²) in [5, 5.41) is 9.20. The fourth-order valence-corrected chi connectivity index (χ4v) is 2.15. The van der Waals surface area contributed by atoms with Crippen molar-refractivity contribution in [3.8, 4) is 0 Å². The largest absolute Gasteiger partial charge is 0.494 e. The first-order valence-electron chi connectivity index (χ1n) is 6.57. The van der Waals surface area contributed by atoms with Gasteiger partial charge in [0.1, 0.15) is 5.94 Å². The van der Waals surface area contributed by atoms with Crippen molar-refractivity contribution in [1.82, 2.24) is 0 Å². The predicted molar refractivity (Wildman–Crippen MR) is 82.8 cm³/mol. The molecule has 0 unspecified atom stereocenters. The minimum absolute atomic E-state index is 0.0140. The lowest BCUT2D eigenvalue weighted by molar-refractivity contribution is -0.132. The molecule has 4 heteroatoms. The summed E-state index contributed by atoms with van der Waals surface area (Å²) in [6.07, 6.45) is 0. The Hall–Kier alpha value is -3.10. The van der Waals surface area contributed by atoms with Crippen LogP contribution in [0.15, 0.2) is 72.0 Å². The van der Waals surface area contributed by atoms with Gasteiger partial charge in [0.15, 0.2) is 11.3 Å². The summed E-state index contributed by atoms with van der Waals surface area (Å²) in [6.45, 7) is 0. The van der Waals surface area contributed by atoms with E-state index in [2.05, 4.69) is 0 Å². The fourth-order valence-electron chi connectivity index (χ4n) is 2.15. The number of ether oxygens (including phenoxy) is 1. The minimum atomic E-state index is -1.38. The van der Waals surface area contributed by atoms with Gasteiger partial charge in [-0.25, -0.2) is 9.59 Å². The molecule has 2 aromatic carbocycles. The number of aliphatic carboxylic acids is 1. The molecule has 0 heterocycles. The average Bonchev–Trinajstić information content (AvgIpc) is 2.56. The lowest BCUT2D eigenvalue weighted by Crippen LogP contribution is -2.09. The van der Waals surface area contributed by atoms with E-state index in [9.17, 15) is 14.7 Å².